The Morgan fingerprint density at radius 1 is 0.706 bits per heavy atom. The van der Waals surface area contributed by atoms with Crippen LogP contribution < -0.4 is 9.86 Å². The number of aryl methyl sites for hydroxylation is 1. The van der Waals surface area contributed by atoms with Crippen molar-refractivity contribution in [2.45, 2.75) is 23.9 Å². The number of hydrogen-bond donors (Lipinski definition) is 0. The summed E-state index contributed by atoms with van der Waals surface area (Å²) in [5, 5.41) is 1.09. The van der Waals surface area contributed by atoms with Crippen LogP contribution in [-0.4, -0.2) is 13.0 Å². The van der Waals surface area contributed by atoms with Gasteiger partial charge in [-0.2, -0.15) is 0 Å². The number of nitrogens with zero attached hydrogens (tertiary/aromatic N) is 2. The Kier molecular flexibility index (Phi) is 5.76. The molecule has 0 aliphatic carbocycles. The molecule has 8 heteroatoms. The molecule has 0 saturated carbocycles. The minimum absolute atomic E-state index is 0.188. The molecule has 172 valence electrons. The van der Waals surface area contributed by atoms with Crippen LogP contribution >= 0.6 is 23.2 Å². The number of aromatic nitrogens is 1. The summed E-state index contributed by atoms with van der Waals surface area (Å²) in [6.07, 6.45) is 0. The first kappa shape index (κ1) is 22.7. The Labute approximate surface area is 207 Å². The number of benzene rings is 3. The van der Waals surface area contributed by atoms with Gasteiger partial charge >= 0.3 is 0 Å². The predicted octanol–water partition coefficient (Wildman–Crippen LogP) is 6.00. The highest BCUT2D eigenvalue weighted by atomic mass is 35.5. The molecule has 0 N–H and O–H groups in total. The largest absolute Gasteiger partial charge is 0.284 e. The normalized spacial score (nSPS) is 17.6. The van der Waals surface area contributed by atoms with Gasteiger partial charge in [0.2, 0.25) is 0 Å². The summed E-state index contributed by atoms with van der Waals surface area (Å²) in [7, 11) is -4.04. The number of fused-ring (bicyclic) bond motifs is 1. The van der Waals surface area contributed by atoms with E-state index in [-0.39, 0.29) is 10.5 Å². The second-order valence-corrected chi connectivity index (χ2v) is 10.8. The fraction of sp³-hybridized carbons (Fsp3) is 0.115. The lowest BCUT2D eigenvalue weighted by molar-refractivity contribution is 0.529. The molecule has 1 aromatic heterocycles. The van der Waals surface area contributed by atoms with Crippen LogP contribution in [0.25, 0.3) is 0 Å². The third kappa shape index (κ3) is 3.72. The van der Waals surface area contributed by atoms with Gasteiger partial charge in [-0.3, -0.25) is 9.36 Å². The lowest BCUT2D eigenvalue weighted by Crippen LogP contribution is -2.34. The Hall–Kier alpha value is -3.06. The smallest absolute Gasteiger partial charge is 0.266 e. The fourth-order valence-electron chi connectivity index (χ4n) is 4.55. The Bertz CT molecular complexity index is 1530. The van der Waals surface area contributed by atoms with Crippen LogP contribution in [0.15, 0.2) is 101 Å². The van der Waals surface area contributed by atoms with Crippen LogP contribution in [0.5, 0.6) is 0 Å². The van der Waals surface area contributed by atoms with Crippen molar-refractivity contribution in [3.63, 3.8) is 0 Å². The number of hydrogen-bond acceptors (Lipinski definition) is 3. The van der Waals surface area contributed by atoms with Crippen LogP contribution in [0, 0.1) is 6.92 Å². The number of pyridine rings is 1. The summed E-state index contributed by atoms with van der Waals surface area (Å²) in [6, 6.07) is 24.4. The lowest BCUT2D eigenvalue weighted by atomic mass is 9.94. The standard InChI is InChI=1S/C26H20Cl2N2O3S/c1-17-5-2-3-6-22(17)34(32,33)30-23-7-4-8-24(31)29(23)25(18-9-13-20(27)14-10-18)26(30)19-11-15-21(28)16-12-19/h2-16,25-26H,1H3/t25-,26+/m1/s1. The van der Waals surface area contributed by atoms with Gasteiger partial charge in [0.25, 0.3) is 15.6 Å². The molecule has 0 fully saturated rings. The first-order valence-corrected chi connectivity index (χ1v) is 12.8. The van der Waals surface area contributed by atoms with E-state index in [0.717, 1.165) is 5.56 Å². The molecule has 2 heterocycles. The molecule has 2 atom stereocenters. The quantitative estimate of drug-likeness (QED) is 0.338. The topological polar surface area (TPSA) is 59.4 Å². The van der Waals surface area contributed by atoms with Crippen LogP contribution in [0.2, 0.25) is 10.0 Å². The highest BCUT2D eigenvalue weighted by molar-refractivity contribution is 7.93. The van der Waals surface area contributed by atoms with Gasteiger partial charge < -0.3 is 0 Å². The SMILES string of the molecule is Cc1ccccc1S(=O)(=O)N1c2cccc(=O)n2[C@H](c2ccc(Cl)cc2)[C@@H]1c1ccc(Cl)cc1. The molecule has 34 heavy (non-hydrogen) atoms. The lowest BCUT2D eigenvalue weighted by Gasteiger charge is -2.29. The maximum absolute atomic E-state index is 14.2. The van der Waals surface area contributed by atoms with E-state index in [1.165, 1.54) is 10.4 Å². The first-order chi connectivity index (χ1) is 16.3. The molecule has 0 radical (unpaired) electrons. The Balaban J connectivity index is 1.83. The second-order valence-electron chi connectivity index (χ2n) is 8.15. The summed E-state index contributed by atoms with van der Waals surface area (Å²) in [6.45, 7) is 1.76. The van der Waals surface area contributed by atoms with E-state index in [0.29, 0.717) is 27.0 Å². The summed E-state index contributed by atoms with van der Waals surface area (Å²) in [5.41, 5.74) is 1.81. The second kappa shape index (κ2) is 8.62. The molecule has 0 unspecified atom stereocenters. The minimum atomic E-state index is -4.04. The molecule has 1 aliphatic heterocycles. The molecule has 0 spiro atoms. The maximum Gasteiger partial charge on any atom is 0.266 e. The molecule has 1 aliphatic rings. The number of rotatable bonds is 4. The van der Waals surface area contributed by atoms with E-state index in [1.807, 2.05) is 12.1 Å². The van der Waals surface area contributed by atoms with Crippen LogP contribution in [0.4, 0.5) is 5.82 Å². The van der Waals surface area contributed by atoms with Gasteiger partial charge in [0, 0.05) is 16.1 Å². The van der Waals surface area contributed by atoms with Crippen LogP contribution in [-0.2, 0) is 10.0 Å². The average molecular weight is 511 g/mol. The maximum atomic E-state index is 14.2. The summed E-state index contributed by atoms with van der Waals surface area (Å²) in [5.74, 6) is 0.302. The Morgan fingerprint density at radius 3 is 1.85 bits per heavy atom. The third-order valence-corrected chi connectivity index (χ3v) is 8.53. The molecular formula is C26H20Cl2N2O3S. The van der Waals surface area contributed by atoms with Gasteiger partial charge in [-0.1, -0.05) is 71.7 Å². The van der Waals surface area contributed by atoms with Crippen molar-refractivity contribution in [3.8, 4) is 0 Å². The molecule has 5 nitrogen and oxygen atoms in total. The van der Waals surface area contributed by atoms with E-state index in [2.05, 4.69) is 0 Å². The Morgan fingerprint density at radius 2 is 1.26 bits per heavy atom. The van der Waals surface area contributed by atoms with Crippen molar-refractivity contribution in [1.82, 2.24) is 4.57 Å². The van der Waals surface area contributed by atoms with Gasteiger partial charge in [-0.25, -0.2) is 12.7 Å². The van der Waals surface area contributed by atoms with Gasteiger partial charge in [0.05, 0.1) is 17.0 Å². The van der Waals surface area contributed by atoms with Gasteiger partial charge in [-0.05, 0) is 60.0 Å². The van der Waals surface area contributed by atoms with Crippen LogP contribution in [0.1, 0.15) is 28.8 Å². The first-order valence-electron chi connectivity index (χ1n) is 10.6. The summed E-state index contributed by atoms with van der Waals surface area (Å²) < 4.78 is 31.2. The minimum Gasteiger partial charge on any atom is -0.284 e. The zero-order chi connectivity index (χ0) is 24.0. The zero-order valence-electron chi connectivity index (χ0n) is 18.1. The van der Waals surface area contributed by atoms with Gasteiger partial charge in [0.15, 0.2) is 0 Å². The number of sulfonamides is 1. The van der Waals surface area contributed by atoms with Crippen LogP contribution in [0.3, 0.4) is 0 Å². The van der Waals surface area contributed by atoms with E-state index in [9.17, 15) is 13.2 Å². The number of halogens is 2. The van der Waals surface area contributed by atoms with E-state index >= 15 is 0 Å². The van der Waals surface area contributed by atoms with E-state index in [1.54, 1.807) is 84.3 Å². The fourth-order valence-corrected chi connectivity index (χ4v) is 6.68. The summed E-state index contributed by atoms with van der Waals surface area (Å²) in [4.78, 5) is 13.4. The van der Waals surface area contributed by atoms with Crippen molar-refractivity contribution in [1.29, 1.82) is 0 Å². The highest BCUT2D eigenvalue weighted by Crippen LogP contribution is 2.49. The van der Waals surface area contributed by atoms with E-state index in [4.69, 9.17) is 23.2 Å². The third-order valence-electron chi connectivity index (χ3n) is 6.08. The predicted molar refractivity (Wildman–Crippen MR) is 135 cm³/mol. The molecular weight excluding hydrogens is 491 g/mol. The highest BCUT2D eigenvalue weighted by Gasteiger charge is 2.47. The monoisotopic (exact) mass is 510 g/mol. The molecule has 0 bridgehead atoms. The summed E-state index contributed by atoms with van der Waals surface area (Å²) >= 11 is 12.3. The van der Waals surface area contributed by atoms with Crippen molar-refractivity contribution in [3.05, 3.63) is 128 Å². The molecule has 5 rings (SSSR count). The molecule has 0 amide bonds. The van der Waals surface area contributed by atoms with Crippen molar-refractivity contribution in [2.24, 2.45) is 0 Å². The molecule has 4 aromatic rings. The van der Waals surface area contributed by atoms with E-state index < -0.39 is 22.1 Å². The van der Waals surface area contributed by atoms with Gasteiger partial charge in [0.1, 0.15) is 5.82 Å². The van der Waals surface area contributed by atoms with Crippen molar-refractivity contribution in [2.75, 3.05) is 4.31 Å². The molecule has 3 aromatic carbocycles. The zero-order valence-corrected chi connectivity index (χ0v) is 20.4. The van der Waals surface area contributed by atoms with Crippen molar-refractivity contribution >= 4 is 39.0 Å². The molecule has 0 saturated heterocycles. The number of anilines is 1. The average Bonchev–Trinajstić information content (AvgIpc) is 3.17. The van der Waals surface area contributed by atoms with Gasteiger partial charge in [-0.15, -0.1) is 0 Å². The van der Waals surface area contributed by atoms with Crippen molar-refractivity contribution < 1.29 is 8.42 Å².